The van der Waals surface area contributed by atoms with Crippen molar-refractivity contribution in [1.82, 2.24) is 0 Å². The highest BCUT2D eigenvalue weighted by Crippen LogP contribution is 2.54. The molecule has 0 spiro atoms. The van der Waals surface area contributed by atoms with Gasteiger partial charge >= 0.3 is 25.8 Å². The predicted molar refractivity (Wildman–Crippen MR) is 608 cm³/mol. The topological polar surface area (TPSA) is 83.1 Å². The number of hydrogen-bond donors (Lipinski definition) is 0. The fourth-order valence-corrected chi connectivity index (χ4v) is 23.2. The molecule has 0 fully saturated rings. The van der Waals surface area contributed by atoms with Crippen molar-refractivity contribution in [2.45, 2.75) is 571 Å². The molecule has 0 saturated heterocycles. The molecular formula is C127H211O9P3. The fraction of sp³-hybridized carbons (Fsp3) is 0.717. The van der Waals surface area contributed by atoms with E-state index in [0.717, 1.165) is 135 Å². The van der Waals surface area contributed by atoms with E-state index in [0.29, 0.717) is 19.8 Å². The van der Waals surface area contributed by atoms with Gasteiger partial charge in [0, 0.05) is 22.6 Å². The summed E-state index contributed by atoms with van der Waals surface area (Å²) < 4.78 is 65.0. The minimum absolute atomic E-state index is 0.0760. The molecule has 0 aliphatic carbocycles. The van der Waals surface area contributed by atoms with Crippen molar-refractivity contribution in [3.05, 3.63) is 176 Å². The maximum absolute atomic E-state index is 7.49. The molecule has 0 bridgehead atoms. The molecule has 0 aromatic heterocycles. The van der Waals surface area contributed by atoms with Gasteiger partial charge in [0.15, 0.2) is 0 Å². The summed E-state index contributed by atoms with van der Waals surface area (Å²) in [6.45, 7) is 46.1. The highest BCUT2D eigenvalue weighted by molar-refractivity contribution is 7.43. The molecule has 4 unspecified atom stereocenters. The van der Waals surface area contributed by atoms with Gasteiger partial charge in [-0.05, 0) is 194 Å². The average molecular weight is 1970 g/mol. The Morgan fingerprint density at radius 2 is 0.410 bits per heavy atom. The first kappa shape index (κ1) is 123. The molecule has 0 aliphatic heterocycles. The van der Waals surface area contributed by atoms with Crippen LogP contribution in [0.1, 0.15) is 581 Å². The number of unbranched alkanes of at least 4 members (excludes halogenated alkanes) is 54. The number of aryl methyl sites for hydroxylation is 6. The lowest BCUT2D eigenvalue weighted by Crippen LogP contribution is -2.19. The van der Waals surface area contributed by atoms with Gasteiger partial charge in [-0.25, -0.2) is 0 Å². The van der Waals surface area contributed by atoms with Crippen LogP contribution in [0.2, 0.25) is 0 Å². The summed E-state index contributed by atoms with van der Waals surface area (Å²) >= 11 is 0. The molecule has 0 heterocycles. The quantitative estimate of drug-likeness (QED) is 0.0274. The van der Waals surface area contributed by atoms with Crippen molar-refractivity contribution in [3.8, 4) is 34.5 Å². The summed E-state index contributed by atoms with van der Waals surface area (Å²) in [6.07, 6.45) is 80.9. The van der Waals surface area contributed by atoms with Crippen LogP contribution in [0.3, 0.4) is 0 Å². The molecule has 0 radical (unpaired) electrons. The van der Waals surface area contributed by atoms with Gasteiger partial charge in [-0.3, -0.25) is 13.6 Å². The number of para-hydroxylation sites is 3. The summed E-state index contributed by atoms with van der Waals surface area (Å²) in [6, 6.07) is 40.6. The van der Waals surface area contributed by atoms with E-state index in [1.165, 1.54) is 378 Å². The molecule has 788 valence electrons. The maximum Gasteiger partial charge on any atom is 0.463 e. The minimum atomic E-state index is -1.87. The van der Waals surface area contributed by atoms with Gasteiger partial charge in [0.2, 0.25) is 0 Å². The summed E-state index contributed by atoms with van der Waals surface area (Å²) in [5.41, 5.74) is 13.5. The normalized spacial score (nSPS) is 13.1. The van der Waals surface area contributed by atoms with Gasteiger partial charge < -0.3 is 27.1 Å². The van der Waals surface area contributed by atoms with Gasteiger partial charge in [-0.15, -0.1) is 0 Å². The Labute approximate surface area is 861 Å². The van der Waals surface area contributed by atoms with Gasteiger partial charge in [-0.2, -0.15) is 0 Å². The molecule has 0 saturated carbocycles. The summed E-state index contributed by atoms with van der Waals surface area (Å²) in [5.74, 6) is 5.08. The van der Waals surface area contributed by atoms with Crippen LogP contribution in [0.15, 0.2) is 109 Å². The van der Waals surface area contributed by atoms with Crippen LogP contribution in [0, 0.1) is 20.8 Å². The molecule has 6 rings (SSSR count). The van der Waals surface area contributed by atoms with E-state index in [1.54, 1.807) is 0 Å². The van der Waals surface area contributed by atoms with Gasteiger partial charge in [0.1, 0.15) is 34.5 Å². The SMILES string of the molecule is CCCCCCCCCCCCCCCCOP(Oc1ccccc1CCCCCCCC)Oc1cc(C)c(C(C)CC(c2cc(C(C)(C)C)c(OP(OCCCCCCCCCCCCCCCC)Oc3ccccc3CCCCCCCC)cc2C)c2cc(C(C)(C)C)c(OP(OCCCCCCCCCCCCCCCC)Oc3ccccc3CCCCCCCC)cc2C)cc1C(C)(C)C. The highest BCUT2D eigenvalue weighted by atomic mass is 31.2. The van der Waals surface area contributed by atoms with E-state index in [-0.39, 0.29) is 28.1 Å². The maximum atomic E-state index is 7.49. The van der Waals surface area contributed by atoms with Crippen LogP contribution >= 0.6 is 25.8 Å². The van der Waals surface area contributed by atoms with Crippen molar-refractivity contribution >= 4 is 25.8 Å². The van der Waals surface area contributed by atoms with E-state index >= 15 is 0 Å². The fourth-order valence-electron chi connectivity index (χ4n) is 20.0. The Kier molecular flexibility index (Phi) is 66.4. The lowest BCUT2D eigenvalue weighted by atomic mass is 9.74. The Morgan fingerprint density at radius 3 is 0.633 bits per heavy atom. The lowest BCUT2D eigenvalue weighted by Gasteiger charge is -2.33. The van der Waals surface area contributed by atoms with Crippen LogP contribution in [0.4, 0.5) is 0 Å². The molecule has 6 aromatic carbocycles. The van der Waals surface area contributed by atoms with E-state index < -0.39 is 25.8 Å². The molecular weight excluding hydrogens is 1760 g/mol. The third-order valence-corrected chi connectivity index (χ3v) is 32.1. The van der Waals surface area contributed by atoms with Gasteiger partial charge in [-0.1, -0.05) is 530 Å². The van der Waals surface area contributed by atoms with Crippen LogP contribution in [0.25, 0.3) is 0 Å². The predicted octanol–water partition coefficient (Wildman–Crippen LogP) is 44.1. The van der Waals surface area contributed by atoms with E-state index in [1.807, 2.05) is 0 Å². The summed E-state index contributed by atoms with van der Waals surface area (Å²) in [5, 5.41) is 0. The Balaban J connectivity index is 1.44. The zero-order valence-electron chi connectivity index (χ0n) is 93.4. The number of hydrogen-bond acceptors (Lipinski definition) is 9. The van der Waals surface area contributed by atoms with Crippen LogP contribution in [0.5, 0.6) is 34.5 Å². The summed E-state index contributed by atoms with van der Waals surface area (Å²) in [7, 11) is -5.58. The first-order valence-corrected chi connectivity index (χ1v) is 61.8. The molecule has 139 heavy (non-hydrogen) atoms. The second-order valence-electron chi connectivity index (χ2n) is 44.9. The molecule has 12 heteroatoms. The largest absolute Gasteiger partial charge is 0.463 e. The van der Waals surface area contributed by atoms with Crippen molar-refractivity contribution in [2.24, 2.45) is 0 Å². The molecule has 4 atom stereocenters. The van der Waals surface area contributed by atoms with Crippen molar-refractivity contribution in [2.75, 3.05) is 19.8 Å². The molecule has 9 nitrogen and oxygen atoms in total. The first-order valence-electron chi connectivity index (χ1n) is 58.5. The smallest absolute Gasteiger partial charge is 0.417 e. The number of benzene rings is 6. The molecule has 6 aromatic rings. The van der Waals surface area contributed by atoms with E-state index in [9.17, 15) is 0 Å². The lowest BCUT2D eigenvalue weighted by molar-refractivity contribution is 0.255. The van der Waals surface area contributed by atoms with Crippen LogP contribution < -0.4 is 27.1 Å². The zero-order valence-corrected chi connectivity index (χ0v) is 96.1. The second-order valence-corrected chi connectivity index (χ2v) is 48.1. The zero-order chi connectivity index (χ0) is 100. The Hall–Kier alpha value is -4.71. The van der Waals surface area contributed by atoms with Crippen molar-refractivity contribution in [1.29, 1.82) is 0 Å². The van der Waals surface area contributed by atoms with E-state index in [4.69, 9.17) is 40.7 Å². The molecule has 0 aliphatic rings. The first-order chi connectivity index (χ1) is 67.4. The third kappa shape index (κ3) is 52.5. The van der Waals surface area contributed by atoms with Crippen molar-refractivity contribution in [3.63, 3.8) is 0 Å². The second kappa shape index (κ2) is 75.1. The summed E-state index contributed by atoms with van der Waals surface area (Å²) in [4.78, 5) is 0. The van der Waals surface area contributed by atoms with Gasteiger partial charge in [0.05, 0.1) is 19.8 Å². The monoisotopic (exact) mass is 1970 g/mol. The minimum Gasteiger partial charge on any atom is -0.417 e. The third-order valence-electron chi connectivity index (χ3n) is 28.8. The van der Waals surface area contributed by atoms with Crippen LogP contribution in [-0.4, -0.2) is 19.8 Å². The molecule has 0 N–H and O–H groups in total. The Morgan fingerprint density at radius 1 is 0.223 bits per heavy atom. The molecule has 0 amide bonds. The highest BCUT2D eigenvalue weighted by Gasteiger charge is 2.35. The van der Waals surface area contributed by atoms with Crippen LogP contribution in [-0.2, 0) is 49.1 Å². The number of rotatable bonds is 86. The average Bonchev–Trinajstić information content (AvgIpc) is 0.761. The van der Waals surface area contributed by atoms with E-state index in [2.05, 4.69) is 241 Å². The van der Waals surface area contributed by atoms with Gasteiger partial charge in [0.25, 0.3) is 0 Å². The standard InChI is InChI=1S/C127H211O9P3/c1-20-26-32-38-44-47-50-53-56-59-62-65-71-83-95-128-137(131-119-92-80-77-89-109(119)86-74-68-41-35-29-23-4)134-122-99-106(8)112(102-116(122)125(11,12)13)105(7)98-115(113-103-117(126(14,15)16)123(100-107(113)9)135-138(132-120-93-81-78-90-110(120)87-75-69-42-36-30-24-5)129-96-84-72-66-63-60-57-54-51-48-45-39-33-27-21-2)114-104-118(127(17,18)19)124(101-108(114)10)136-139(133-121-94-82-79-91-111(121)88-76-70-43-37-31-25-6)130-97-85-73-67-64-61-58-55-52-49-46-40-34-28-22-3/h77-82,89-94,99-105,115H,20-76,83-88,95-98H2,1-19H3. The Bertz CT molecular complexity index is 3890. The van der Waals surface area contributed by atoms with Crippen molar-refractivity contribution < 1.29 is 40.7 Å².